The van der Waals surface area contributed by atoms with Crippen LogP contribution in [0.1, 0.15) is 11.1 Å². The maximum atomic E-state index is 11.5. The molecule has 18 nitrogen and oxygen atoms in total. The summed E-state index contributed by atoms with van der Waals surface area (Å²) in [6.07, 6.45) is 0. The van der Waals surface area contributed by atoms with Gasteiger partial charge in [0.05, 0.1) is 31.0 Å². The van der Waals surface area contributed by atoms with Crippen molar-refractivity contribution < 1.29 is 56.4 Å². The molecule has 0 fully saturated rings. The Morgan fingerprint density at radius 1 is 0.527 bits per heavy atom. The standard InChI is InChI=1S/2C17H13N3O6S.Ca/c2*1-10-8-11(20(22)23)6-7-14(10)18-19-17-13-5-3-2-4-12(13)16(9-15(17)21)27(24,25)26;/h2*2-9H,1H3,(H2-,18,21,22,23,24,25,26);/q;;+2. The van der Waals surface area contributed by atoms with E-state index >= 15 is 0 Å². The van der Waals surface area contributed by atoms with Gasteiger partial charge in [-0.05, 0) is 37.1 Å². The van der Waals surface area contributed by atoms with Crippen LogP contribution in [0.25, 0.3) is 21.5 Å². The Hall–Kier alpha value is -5.48. The fourth-order valence-corrected chi connectivity index (χ4v) is 6.61. The smallest absolute Gasteiger partial charge is 0.744 e. The van der Waals surface area contributed by atoms with Crippen molar-refractivity contribution in [3.8, 4) is 11.5 Å². The summed E-state index contributed by atoms with van der Waals surface area (Å²) in [5, 5.41) is 54.9. The predicted molar refractivity (Wildman–Crippen MR) is 194 cm³/mol. The van der Waals surface area contributed by atoms with Gasteiger partial charge in [-0.1, -0.05) is 48.5 Å². The Balaban J connectivity index is 0.000000240. The van der Waals surface area contributed by atoms with E-state index in [-0.39, 0.29) is 91.9 Å². The number of hydrogen-bond donors (Lipinski definition) is 4. The zero-order valence-corrected chi connectivity index (χ0v) is 32.3. The second kappa shape index (κ2) is 16.9. The van der Waals surface area contributed by atoms with Crippen LogP contribution in [-0.4, -0.2) is 94.2 Å². The average molecular weight is 815 g/mol. The second-order valence-electron chi connectivity index (χ2n) is 11.4. The van der Waals surface area contributed by atoms with Gasteiger partial charge in [0, 0.05) is 57.9 Å². The topological polar surface area (TPSA) is 285 Å². The first kappa shape index (κ1) is 42.3. The molecule has 6 rings (SSSR count). The van der Waals surface area contributed by atoms with Crippen LogP contribution >= 0.6 is 0 Å². The molecule has 6 aromatic carbocycles. The molecule has 0 unspecified atom stereocenters. The van der Waals surface area contributed by atoms with Gasteiger partial charge < -0.3 is 19.3 Å². The molecule has 0 heterocycles. The van der Waals surface area contributed by atoms with Crippen LogP contribution in [0.5, 0.6) is 11.5 Å². The summed E-state index contributed by atoms with van der Waals surface area (Å²) in [7, 11) is -9.59. The largest absolute Gasteiger partial charge is 2.00 e. The minimum atomic E-state index is -4.80. The summed E-state index contributed by atoms with van der Waals surface area (Å²) < 4.78 is 68.7. The molecule has 0 saturated carbocycles. The Bertz CT molecular complexity index is 2610. The van der Waals surface area contributed by atoms with Gasteiger partial charge >= 0.3 is 49.1 Å². The summed E-state index contributed by atoms with van der Waals surface area (Å²) in [6, 6.07) is 22.2. The van der Waals surface area contributed by atoms with Crippen LogP contribution in [0.3, 0.4) is 0 Å². The van der Waals surface area contributed by atoms with Crippen molar-refractivity contribution in [2.75, 3.05) is 0 Å². The molecule has 0 saturated heterocycles. The summed E-state index contributed by atoms with van der Waals surface area (Å²) in [6.45, 7) is 3.29. The molecule has 21 heteroatoms. The maximum absolute atomic E-state index is 11.5. The predicted octanol–water partition coefficient (Wildman–Crippen LogP) is 7.57. The molecular formula is C34H26CaN6O12S2+2. The molecule has 0 atom stereocenters. The van der Waals surface area contributed by atoms with Gasteiger partial charge in [0.1, 0.15) is 43.1 Å². The molecule has 4 N–H and O–H groups in total. The number of aryl methyl sites for hydroxylation is 2. The summed E-state index contributed by atoms with van der Waals surface area (Å²) in [5.41, 5.74) is 1.83. The first-order valence-corrected chi connectivity index (χ1v) is 18.0. The summed E-state index contributed by atoms with van der Waals surface area (Å²) in [5.74, 6) is -1.02. The van der Waals surface area contributed by atoms with Crippen LogP contribution in [-0.2, 0) is 20.2 Å². The van der Waals surface area contributed by atoms with Crippen molar-refractivity contribution in [2.24, 2.45) is 20.5 Å². The van der Waals surface area contributed by atoms with Gasteiger partial charge in [0.25, 0.3) is 9.85 Å². The van der Waals surface area contributed by atoms with Crippen molar-refractivity contribution in [1.29, 1.82) is 0 Å². The van der Waals surface area contributed by atoms with E-state index in [4.69, 9.17) is 10.4 Å². The molecule has 0 radical (unpaired) electrons. The van der Waals surface area contributed by atoms with E-state index in [1.807, 2.05) is 0 Å². The molecule has 0 amide bonds. The molecule has 276 valence electrons. The van der Waals surface area contributed by atoms with Crippen LogP contribution in [0.2, 0.25) is 0 Å². The second-order valence-corrected chi connectivity index (χ2v) is 14.1. The Kier molecular flexibility index (Phi) is 13.0. The molecule has 0 aromatic heterocycles. The molecule has 55 heavy (non-hydrogen) atoms. The normalized spacial score (nSPS) is 11.7. The summed E-state index contributed by atoms with van der Waals surface area (Å²) in [4.78, 5) is 20.1. The zero-order chi connectivity index (χ0) is 39.5. The third-order valence-corrected chi connectivity index (χ3v) is 9.53. The van der Waals surface area contributed by atoms with Crippen molar-refractivity contribution in [3.05, 3.63) is 118 Å². The number of hydrogen-bond acceptors (Lipinski definition) is 14. The van der Waals surface area contributed by atoms with Gasteiger partial charge in [-0.2, -0.15) is 10.2 Å². The maximum Gasteiger partial charge on any atom is 2.00 e. The Morgan fingerprint density at radius 2 is 0.855 bits per heavy atom. The van der Waals surface area contributed by atoms with E-state index in [1.165, 1.54) is 60.7 Å². The SMILES string of the molecule is Cc1cc([N+](=O)O)ccc1N=Nc1c(O)cc(S(=O)(=O)[O-])c2ccccc12.Cc1cc([N+](=O)O)ccc1N=Nc1c(O)cc(S(=O)(=O)[O-])c2ccccc12.[Ca+2]. The number of benzene rings is 6. The van der Waals surface area contributed by atoms with Gasteiger partial charge in [-0.25, -0.2) is 27.3 Å². The molecule has 6 aromatic rings. The number of phenols is 2. The number of azo groups is 2. The van der Waals surface area contributed by atoms with Gasteiger partial charge in [-0.15, -0.1) is 10.2 Å². The van der Waals surface area contributed by atoms with E-state index in [1.54, 1.807) is 38.1 Å². The van der Waals surface area contributed by atoms with Crippen LogP contribution in [0, 0.1) is 23.7 Å². The molecule has 0 bridgehead atoms. The zero-order valence-electron chi connectivity index (χ0n) is 28.5. The average Bonchev–Trinajstić information content (AvgIpc) is 3.10. The van der Waals surface area contributed by atoms with Gasteiger partial charge in [0.15, 0.2) is 0 Å². The van der Waals surface area contributed by atoms with Crippen LogP contribution in [0.4, 0.5) is 34.1 Å². The third kappa shape index (κ3) is 9.61. The van der Waals surface area contributed by atoms with Crippen molar-refractivity contribution in [3.63, 3.8) is 0 Å². The fraction of sp³-hybridized carbons (Fsp3) is 0.0588. The van der Waals surface area contributed by atoms with E-state index in [2.05, 4.69) is 20.5 Å². The van der Waals surface area contributed by atoms with Gasteiger partial charge in [-0.3, -0.25) is 0 Å². The molecular weight excluding hydrogens is 789 g/mol. The van der Waals surface area contributed by atoms with Crippen LogP contribution < -0.4 is 0 Å². The van der Waals surface area contributed by atoms with Crippen molar-refractivity contribution in [2.45, 2.75) is 23.6 Å². The number of nitrogens with zero attached hydrogens (tertiary/aromatic N) is 6. The Labute approximate surface area is 341 Å². The quantitative estimate of drug-likeness (QED) is 0.0501. The van der Waals surface area contributed by atoms with E-state index in [0.717, 1.165) is 12.1 Å². The minimum Gasteiger partial charge on any atom is -0.744 e. The third-order valence-electron chi connectivity index (χ3n) is 7.77. The first-order valence-electron chi connectivity index (χ1n) is 15.1. The first-order chi connectivity index (χ1) is 25.4. The Morgan fingerprint density at radius 3 is 1.15 bits per heavy atom. The number of aromatic hydroxyl groups is 2. The van der Waals surface area contributed by atoms with E-state index < -0.39 is 41.5 Å². The minimum absolute atomic E-state index is 0. The molecule has 0 aliphatic rings. The number of fused-ring (bicyclic) bond motifs is 2. The number of phenolic OH excluding ortho intramolecular Hbond substituents is 2. The van der Waals surface area contributed by atoms with Gasteiger partial charge in [0.2, 0.25) is 0 Å². The van der Waals surface area contributed by atoms with Crippen molar-refractivity contribution in [1.82, 2.24) is 0 Å². The summed E-state index contributed by atoms with van der Waals surface area (Å²) >= 11 is 0. The van der Waals surface area contributed by atoms with Crippen molar-refractivity contribution >= 4 is 114 Å². The fourth-order valence-electron chi connectivity index (χ4n) is 5.20. The van der Waals surface area contributed by atoms with Crippen LogP contribution in [0.15, 0.2) is 127 Å². The molecule has 0 aliphatic heterocycles. The molecule has 0 spiro atoms. The number of rotatable bonds is 8. The van der Waals surface area contributed by atoms with E-state index in [9.17, 15) is 46.0 Å². The monoisotopic (exact) mass is 814 g/mol. The molecule has 0 aliphatic carbocycles. The van der Waals surface area contributed by atoms with E-state index in [0.29, 0.717) is 22.5 Å².